The van der Waals surface area contributed by atoms with Crippen molar-refractivity contribution in [3.05, 3.63) is 35.7 Å². The van der Waals surface area contributed by atoms with Gasteiger partial charge in [-0.2, -0.15) is 5.21 Å². The summed E-state index contributed by atoms with van der Waals surface area (Å²) in [5.74, 6) is 1.54. The Morgan fingerprint density at radius 1 is 1.33 bits per heavy atom. The van der Waals surface area contributed by atoms with E-state index in [2.05, 4.69) is 45.0 Å². The summed E-state index contributed by atoms with van der Waals surface area (Å²) in [6.45, 7) is 2.74. The first-order valence-corrected chi connectivity index (χ1v) is 5.93. The first-order chi connectivity index (χ1) is 8.83. The van der Waals surface area contributed by atoms with Crippen molar-refractivity contribution < 1.29 is 4.74 Å². The molecule has 1 aromatic heterocycles. The maximum absolute atomic E-state index is 5.15. The van der Waals surface area contributed by atoms with E-state index in [-0.39, 0.29) is 6.04 Å². The quantitative estimate of drug-likeness (QED) is 0.808. The fourth-order valence-corrected chi connectivity index (χ4v) is 1.81. The molecule has 0 bridgehead atoms. The van der Waals surface area contributed by atoms with Crippen LogP contribution < -0.4 is 10.1 Å². The molecule has 0 saturated carbocycles. The normalized spacial score (nSPS) is 12.3. The Morgan fingerprint density at radius 3 is 2.67 bits per heavy atom. The van der Waals surface area contributed by atoms with Gasteiger partial charge in [0.05, 0.1) is 13.7 Å². The molecule has 96 valence electrons. The van der Waals surface area contributed by atoms with E-state index in [1.54, 1.807) is 7.11 Å². The van der Waals surface area contributed by atoms with Gasteiger partial charge in [-0.1, -0.05) is 24.3 Å². The molecule has 2 N–H and O–H groups in total. The molecule has 1 heterocycles. The third kappa shape index (κ3) is 3.04. The lowest BCUT2D eigenvalue weighted by molar-refractivity contribution is 0.414. The number of tetrazole rings is 1. The molecule has 0 spiro atoms. The van der Waals surface area contributed by atoms with Crippen LogP contribution >= 0.6 is 0 Å². The van der Waals surface area contributed by atoms with E-state index < -0.39 is 0 Å². The molecule has 0 fully saturated rings. The van der Waals surface area contributed by atoms with E-state index >= 15 is 0 Å². The Kier molecular flexibility index (Phi) is 4.25. The zero-order valence-corrected chi connectivity index (χ0v) is 10.6. The minimum absolute atomic E-state index is 0.273. The maximum atomic E-state index is 5.15. The monoisotopic (exact) mass is 247 g/mol. The van der Waals surface area contributed by atoms with E-state index in [0.717, 1.165) is 12.2 Å². The number of H-pyrrole nitrogens is 1. The fourth-order valence-electron chi connectivity index (χ4n) is 1.81. The summed E-state index contributed by atoms with van der Waals surface area (Å²) in [5.41, 5.74) is 1.22. The van der Waals surface area contributed by atoms with Gasteiger partial charge in [-0.25, -0.2) is 0 Å². The predicted octanol–water partition coefficient (Wildman–Crippen LogP) is 1.45. The van der Waals surface area contributed by atoms with Gasteiger partial charge in [0.1, 0.15) is 5.75 Å². The standard InChI is InChI=1S/C12H17N5O/c1-3-11(13-8-12-14-16-17-15-12)9-4-6-10(18-2)7-5-9/h4-7,11,13H,3,8H2,1-2H3,(H,14,15,16,17). The Labute approximate surface area is 106 Å². The number of nitrogens with one attached hydrogen (secondary N) is 2. The molecule has 18 heavy (non-hydrogen) atoms. The molecule has 0 aliphatic carbocycles. The summed E-state index contributed by atoms with van der Waals surface area (Å²) in [4.78, 5) is 0. The molecule has 2 rings (SSSR count). The molecule has 0 amide bonds. The van der Waals surface area contributed by atoms with E-state index in [4.69, 9.17) is 4.74 Å². The smallest absolute Gasteiger partial charge is 0.188 e. The number of ether oxygens (including phenoxy) is 1. The van der Waals surface area contributed by atoms with E-state index in [9.17, 15) is 0 Å². The number of hydrogen-bond acceptors (Lipinski definition) is 5. The fraction of sp³-hybridized carbons (Fsp3) is 0.417. The van der Waals surface area contributed by atoms with Crippen LogP contribution in [0.25, 0.3) is 0 Å². The SMILES string of the molecule is CCC(NCc1nn[nH]n1)c1ccc(OC)cc1. The average Bonchev–Trinajstić information content (AvgIpc) is 2.93. The molecular weight excluding hydrogens is 230 g/mol. The lowest BCUT2D eigenvalue weighted by Crippen LogP contribution is -2.21. The summed E-state index contributed by atoms with van der Waals surface area (Å²) < 4.78 is 5.15. The molecule has 2 aromatic rings. The summed E-state index contributed by atoms with van der Waals surface area (Å²) in [5, 5.41) is 17.2. The van der Waals surface area contributed by atoms with Crippen molar-refractivity contribution in [3.8, 4) is 5.75 Å². The Bertz CT molecular complexity index is 454. The largest absolute Gasteiger partial charge is 0.497 e. The number of methoxy groups -OCH3 is 1. The van der Waals surface area contributed by atoms with Crippen molar-refractivity contribution in [2.45, 2.75) is 25.9 Å². The van der Waals surface area contributed by atoms with Crippen LogP contribution in [-0.4, -0.2) is 27.7 Å². The molecule has 0 radical (unpaired) electrons. The van der Waals surface area contributed by atoms with Gasteiger partial charge in [0.15, 0.2) is 5.82 Å². The lowest BCUT2D eigenvalue weighted by atomic mass is 10.0. The van der Waals surface area contributed by atoms with Crippen molar-refractivity contribution in [1.29, 1.82) is 0 Å². The van der Waals surface area contributed by atoms with Crippen molar-refractivity contribution in [2.75, 3.05) is 7.11 Å². The van der Waals surface area contributed by atoms with Crippen LogP contribution in [0.15, 0.2) is 24.3 Å². The van der Waals surface area contributed by atoms with Crippen LogP contribution in [0.5, 0.6) is 5.75 Å². The molecule has 1 aromatic carbocycles. The average molecular weight is 247 g/mol. The minimum Gasteiger partial charge on any atom is -0.497 e. The number of rotatable bonds is 6. The zero-order valence-electron chi connectivity index (χ0n) is 10.6. The highest BCUT2D eigenvalue weighted by Gasteiger charge is 2.09. The van der Waals surface area contributed by atoms with Crippen LogP contribution in [-0.2, 0) is 6.54 Å². The van der Waals surface area contributed by atoms with Crippen LogP contribution in [0.4, 0.5) is 0 Å². The van der Waals surface area contributed by atoms with Gasteiger partial charge in [0.25, 0.3) is 0 Å². The first kappa shape index (κ1) is 12.5. The summed E-state index contributed by atoms with van der Waals surface area (Å²) in [7, 11) is 1.67. The first-order valence-electron chi connectivity index (χ1n) is 5.93. The highest BCUT2D eigenvalue weighted by Crippen LogP contribution is 2.20. The third-order valence-corrected chi connectivity index (χ3v) is 2.82. The lowest BCUT2D eigenvalue weighted by Gasteiger charge is -2.16. The van der Waals surface area contributed by atoms with Crippen LogP contribution in [0, 0.1) is 0 Å². The summed E-state index contributed by atoms with van der Waals surface area (Å²) >= 11 is 0. The topological polar surface area (TPSA) is 75.7 Å². The highest BCUT2D eigenvalue weighted by molar-refractivity contribution is 5.29. The second kappa shape index (κ2) is 6.11. The van der Waals surface area contributed by atoms with E-state index in [0.29, 0.717) is 12.4 Å². The van der Waals surface area contributed by atoms with E-state index in [1.165, 1.54) is 5.56 Å². The van der Waals surface area contributed by atoms with E-state index in [1.807, 2.05) is 12.1 Å². The van der Waals surface area contributed by atoms with Gasteiger partial charge >= 0.3 is 0 Å². The van der Waals surface area contributed by atoms with Crippen LogP contribution in [0.1, 0.15) is 30.8 Å². The number of aromatic nitrogens is 4. The predicted molar refractivity (Wildman–Crippen MR) is 67.0 cm³/mol. The number of hydrogen-bond donors (Lipinski definition) is 2. The summed E-state index contributed by atoms with van der Waals surface area (Å²) in [6.07, 6.45) is 0.990. The van der Waals surface area contributed by atoms with Gasteiger partial charge < -0.3 is 10.1 Å². The molecule has 1 atom stereocenters. The maximum Gasteiger partial charge on any atom is 0.188 e. The van der Waals surface area contributed by atoms with Gasteiger partial charge in [-0.3, -0.25) is 0 Å². The van der Waals surface area contributed by atoms with Crippen molar-refractivity contribution in [1.82, 2.24) is 25.9 Å². The molecular formula is C12H17N5O. The van der Waals surface area contributed by atoms with Crippen molar-refractivity contribution in [3.63, 3.8) is 0 Å². The van der Waals surface area contributed by atoms with Crippen molar-refractivity contribution in [2.24, 2.45) is 0 Å². The number of nitrogens with zero attached hydrogens (tertiary/aromatic N) is 3. The summed E-state index contributed by atoms with van der Waals surface area (Å²) in [6, 6.07) is 8.34. The Morgan fingerprint density at radius 2 is 2.11 bits per heavy atom. The van der Waals surface area contributed by atoms with Crippen LogP contribution in [0.2, 0.25) is 0 Å². The van der Waals surface area contributed by atoms with Crippen molar-refractivity contribution >= 4 is 0 Å². The third-order valence-electron chi connectivity index (χ3n) is 2.82. The molecule has 1 unspecified atom stereocenters. The Balaban J connectivity index is 1.98. The van der Waals surface area contributed by atoms with Gasteiger partial charge in [-0.05, 0) is 24.1 Å². The molecule has 0 aliphatic rings. The van der Waals surface area contributed by atoms with Crippen LogP contribution in [0.3, 0.4) is 0 Å². The van der Waals surface area contributed by atoms with Gasteiger partial charge in [0, 0.05) is 6.04 Å². The highest BCUT2D eigenvalue weighted by atomic mass is 16.5. The number of benzene rings is 1. The molecule has 6 heteroatoms. The molecule has 6 nitrogen and oxygen atoms in total. The van der Waals surface area contributed by atoms with Gasteiger partial charge in [-0.15, -0.1) is 10.2 Å². The van der Waals surface area contributed by atoms with Gasteiger partial charge in [0.2, 0.25) is 0 Å². The molecule has 0 aliphatic heterocycles. The minimum atomic E-state index is 0.273. The zero-order chi connectivity index (χ0) is 12.8. The second-order valence-corrected chi connectivity index (χ2v) is 3.94. The second-order valence-electron chi connectivity index (χ2n) is 3.94. The molecule has 0 saturated heterocycles. The number of aromatic amines is 1. The Hall–Kier alpha value is -1.95.